The molecule has 1 N–H and O–H groups in total. The third-order valence-electron chi connectivity index (χ3n) is 3.95. The van der Waals surface area contributed by atoms with Crippen molar-refractivity contribution in [1.82, 2.24) is 4.98 Å². The molecule has 0 aliphatic rings. The average molecular weight is 355 g/mol. The van der Waals surface area contributed by atoms with E-state index in [1.165, 1.54) is 13.0 Å². The number of benzene rings is 1. The zero-order chi connectivity index (χ0) is 18.1. The molecule has 2 aromatic heterocycles. The number of para-hydroxylation sites is 1. The molecule has 25 heavy (non-hydrogen) atoms. The summed E-state index contributed by atoms with van der Waals surface area (Å²) < 4.78 is 5.32. The maximum atomic E-state index is 12.8. The number of nitrogens with one attached hydrogen (secondary N) is 1. The van der Waals surface area contributed by atoms with Gasteiger partial charge in [0.15, 0.2) is 11.9 Å². The zero-order valence-electron chi connectivity index (χ0n) is 14.1. The molecule has 128 valence electrons. The van der Waals surface area contributed by atoms with Crippen LogP contribution >= 0.6 is 11.3 Å². The number of aryl methyl sites for hydroxylation is 1. The second kappa shape index (κ2) is 6.64. The van der Waals surface area contributed by atoms with Crippen molar-refractivity contribution in [2.45, 2.75) is 26.9 Å². The summed E-state index contributed by atoms with van der Waals surface area (Å²) in [6.07, 6.45) is -0.923. The Morgan fingerprint density at radius 3 is 2.44 bits per heavy atom. The Morgan fingerprint density at radius 1 is 1.08 bits per heavy atom. The van der Waals surface area contributed by atoms with E-state index >= 15 is 0 Å². The van der Waals surface area contributed by atoms with Gasteiger partial charge in [-0.25, -0.2) is 4.79 Å². The summed E-state index contributed by atoms with van der Waals surface area (Å²) in [5.41, 5.74) is 2.14. The molecule has 3 aromatic rings. The lowest BCUT2D eigenvalue weighted by Gasteiger charge is -2.12. The quantitative estimate of drug-likeness (QED) is 0.550. The van der Waals surface area contributed by atoms with Gasteiger partial charge >= 0.3 is 5.97 Å². The first kappa shape index (κ1) is 17.1. The van der Waals surface area contributed by atoms with Gasteiger partial charge in [-0.3, -0.25) is 9.59 Å². The number of ether oxygens (including phenoxy) is 1. The number of fused-ring (bicyclic) bond motifs is 1. The van der Waals surface area contributed by atoms with Crippen LogP contribution in [0.15, 0.2) is 36.4 Å². The van der Waals surface area contributed by atoms with Crippen LogP contribution in [-0.4, -0.2) is 28.6 Å². The number of thiophene rings is 1. The summed E-state index contributed by atoms with van der Waals surface area (Å²) in [5.74, 6) is -0.968. The number of ketones is 2. The summed E-state index contributed by atoms with van der Waals surface area (Å²) in [6, 6.07) is 10.6. The molecule has 0 bridgehead atoms. The van der Waals surface area contributed by atoms with Crippen LogP contribution in [0.3, 0.4) is 0 Å². The van der Waals surface area contributed by atoms with Crippen LogP contribution in [0.5, 0.6) is 0 Å². The Kier molecular flexibility index (Phi) is 4.55. The van der Waals surface area contributed by atoms with E-state index in [4.69, 9.17) is 4.74 Å². The summed E-state index contributed by atoms with van der Waals surface area (Å²) in [4.78, 5) is 40.3. The lowest BCUT2D eigenvalue weighted by Crippen LogP contribution is -2.24. The van der Waals surface area contributed by atoms with E-state index in [9.17, 15) is 14.4 Å². The Balaban J connectivity index is 1.81. The van der Waals surface area contributed by atoms with Gasteiger partial charge in [0, 0.05) is 22.2 Å². The number of esters is 1. The number of hydrogen-bond donors (Lipinski definition) is 1. The molecule has 0 fully saturated rings. The number of rotatable bonds is 5. The maximum Gasteiger partial charge on any atom is 0.349 e. The van der Waals surface area contributed by atoms with Crippen molar-refractivity contribution in [2.75, 3.05) is 0 Å². The van der Waals surface area contributed by atoms with Gasteiger partial charge in [0.05, 0.1) is 4.88 Å². The number of H-pyrrole nitrogens is 1. The first-order chi connectivity index (χ1) is 11.9. The molecular formula is C19H17NO4S. The van der Waals surface area contributed by atoms with Gasteiger partial charge < -0.3 is 9.72 Å². The summed E-state index contributed by atoms with van der Waals surface area (Å²) in [7, 11) is 0. The highest BCUT2D eigenvalue weighted by atomic mass is 32.1. The number of Topliss-reactive ketones (excluding diaryl/α,β-unsaturated/α-hetero) is 2. The van der Waals surface area contributed by atoms with Crippen LogP contribution < -0.4 is 0 Å². The van der Waals surface area contributed by atoms with Crippen molar-refractivity contribution in [3.63, 3.8) is 0 Å². The monoisotopic (exact) mass is 355 g/mol. The van der Waals surface area contributed by atoms with Crippen LogP contribution in [0.2, 0.25) is 0 Å². The number of carbonyl (C=O) groups excluding carboxylic acids is 3. The largest absolute Gasteiger partial charge is 0.450 e. The van der Waals surface area contributed by atoms with Gasteiger partial charge in [-0.2, -0.15) is 0 Å². The molecule has 0 unspecified atom stereocenters. The highest BCUT2D eigenvalue weighted by Gasteiger charge is 2.25. The second-order valence-corrected chi connectivity index (χ2v) is 6.89. The third-order valence-corrected chi connectivity index (χ3v) is 5.11. The van der Waals surface area contributed by atoms with E-state index in [1.807, 2.05) is 31.2 Å². The Morgan fingerprint density at radius 2 is 1.76 bits per heavy atom. The normalized spacial score (nSPS) is 12.1. The van der Waals surface area contributed by atoms with Crippen molar-refractivity contribution < 1.29 is 19.1 Å². The predicted molar refractivity (Wildman–Crippen MR) is 96.6 cm³/mol. The maximum absolute atomic E-state index is 12.8. The van der Waals surface area contributed by atoms with E-state index in [0.717, 1.165) is 27.9 Å². The third kappa shape index (κ3) is 3.25. The molecule has 3 rings (SSSR count). The van der Waals surface area contributed by atoms with E-state index in [0.29, 0.717) is 15.3 Å². The molecule has 6 heteroatoms. The van der Waals surface area contributed by atoms with Crippen molar-refractivity contribution in [2.24, 2.45) is 0 Å². The zero-order valence-corrected chi connectivity index (χ0v) is 14.9. The lowest BCUT2D eigenvalue weighted by atomic mass is 10.0. The van der Waals surface area contributed by atoms with Gasteiger partial charge in [0.1, 0.15) is 4.88 Å². The van der Waals surface area contributed by atoms with Gasteiger partial charge in [-0.05, 0) is 39.0 Å². The smallest absolute Gasteiger partial charge is 0.349 e. The average Bonchev–Trinajstić information content (AvgIpc) is 3.18. The fourth-order valence-corrected chi connectivity index (χ4v) is 3.49. The molecule has 0 aliphatic carbocycles. The van der Waals surface area contributed by atoms with Crippen molar-refractivity contribution in [3.05, 3.63) is 57.4 Å². The minimum atomic E-state index is -0.923. The molecule has 0 saturated heterocycles. The van der Waals surface area contributed by atoms with Crippen molar-refractivity contribution >= 4 is 39.8 Å². The standard InChI is InChI=1S/C19H17NO4S/c1-10-17(13-6-4-5-7-14(13)20-10)18(22)12(3)24-19(23)16-9-8-15(25-16)11(2)21/h4-9,12,20H,1-3H3/t12-/m0/s1. The fourth-order valence-electron chi connectivity index (χ4n) is 2.71. The number of aromatic amines is 1. The topological polar surface area (TPSA) is 76.2 Å². The highest BCUT2D eigenvalue weighted by molar-refractivity contribution is 7.15. The molecule has 0 radical (unpaired) electrons. The van der Waals surface area contributed by atoms with E-state index in [-0.39, 0.29) is 11.6 Å². The van der Waals surface area contributed by atoms with Crippen LogP contribution in [-0.2, 0) is 4.74 Å². The number of carbonyl (C=O) groups is 3. The van der Waals surface area contributed by atoms with E-state index in [1.54, 1.807) is 13.0 Å². The van der Waals surface area contributed by atoms with Crippen LogP contribution in [0.1, 0.15) is 49.2 Å². The first-order valence-corrected chi connectivity index (χ1v) is 8.63. The molecule has 5 nitrogen and oxygen atoms in total. The Bertz CT molecular complexity index is 982. The summed E-state index contributed by atoms with van der Waals surface area (Å²) >= 11 is 1.06. The SMILES string of the molecule is CC(=O)c1ccc(C(=O)O[C@@H](C)C(=O)c2c(C)[nH]c3ccccc23)s1. The van der Waals surface area contributed by atoms with Crippen LogP contribution in [0, 0.1) is 6.92 Å². The molecule has 0 amide bonds. The van der Waals surface area contributed by atoms with E-state index in [2.05, 4.69) is 4.98 Å². The molecule has 0 aliphatic heterocycles. The van der Waals surface area contributed by atoms with E-state index < -0.39 is 12.1 Å². The molecule has 2 heterocycles. The first-order valence-electron chi connectivity index (χ1n) is 7.81. The van der Waals surface area contributed by atoms with Gasteiger partial charge in [0.2, 0.25) is 5.78 Å². The molecule has 0 saturated carbocycles. The second-order valence-electron chi connectivity index (χ2n) is 5.80. The van der Waals surface area contributed by atoms with Crippen molar-refractivity contribution in [3.8, 4) is 0 Å². The molecule has 0 spiro atoms. The van der Waals surface area contributed by atoms with Gasteiger partial charge in [-0.1, -0.05) is 18.2 Å². The molecular weight excluding hydrogens is 338 g/mol. The minimum Gasteiger partial charge on any atom is -0.450 e. The summed E-state index contributed by atoms with van der Waals surface area (Å²) in [5, 5.41) is 0.808. The minimum absolute atomic E-state index is 0.109. The van der Waals surface area contributed by atoms with Crippen molar-refractivity contribution in [1.29, 1.82) is 0 Å². The van der Waals surface area contributed by atoms with Gasteiger partial charge in [-0.15, -0.1) is 11.3 Å². The van der Waals surface area contributed by atoms with Crippen LogP contribution in [0.4, 0.5) is 0 Å². The Labute approximate surface area is 148 Å². The number of aromatic nitrogens is 1. The fraction of sp³-hybridized carbons (Fsp3) is 0.211. The lowest BCUT2D eigenvalue weighted by molar-refractivity contribution is 0.0324. The Hall–Kier alpha value is -2.73. The molecule has 1 aromatic carbocycles. The number of hydrogen-bond acceptors (Lipinski definition) is 5. The molecule has 1 atom stereocenters. The predicted octanol–water partition coefficient (Wildman–Crippen LogP) is 4.17. The van der Waals surface area contributed by atoms with Gasteiger partial charge in [0.25, 0.3) is 0 Å². The summed E-state index contributed by atoms with van der Waals surface area (Å²) in [6.45, 7) is 4.81. The van der Waals surface area contributed by atoms with Crippen LogP contribution in [0.25, 0.3) is 10.9 Å². The highest BCUT2D eigenvalue weighted by Crippen LogP contribution is 2.25.